The highest BCUT2D eigenvalue weighted by molar-refractivity contribution is 5.87. The molecule has 0 saturated carbocycles. The molecule has 0 bridgehead atoms. The van der Waals surface area contributed by atoms with Crippen molar-refractivity contribution in [1.82, 2.24) is 10.6 Å². The molecule has 1 unspecified atom stereocenters. The summed E-state index contributed by atoms with van der Waals surface area (Å²) in [6, 6.07) is 14.2. The highest BCUT2D eigenvalue weighted by Gasteiger charge is 2.35. The predicted molar refractivity (Wildman–Crippen MR) is 108 cm³/mol. The fourth-order valence-electron chi connectivity index (χ4n) is 3.49. The van der Waals surface area contributed by atoms with Gasteiger partial charge >= 0.3 is 5.97 Å². The highest BCUT2D eigenvalue weighted by Crippen LogP contribution is 2.27. The van der Waals surface area contributed by atoms with Gasteiger partial charge in [0, 0.05) is 6.54 Å². The number of benzene rings is 2. The molecule has 2 N–H and O–H groups in total. The van der Waals surface area contributed by atoms with Crippen LogP contribution in [0.5, 0.6) is 0 Å². The Balaban J connectivity index is 1.96. The first kappa shape index (κ1) is 20.9. The maximum Gasteiger partial charge on any atom is 0.313 e. The minimum Gasteiger partial charge on any atom is -0.469 e. The molecule has 0 spiro atoms. The Kier molecular flexibility index (Phi) is 7.36. The molecule has 0 heterocycles. The van der Waals surface area contributed by atoms with Gasteiger partial charge in [0.05, 0.1) is 25.1 Å². The van der Waals surface area contributed by atoms with Gasteiger partial charge in [-0.2, -0.15) is 0 Å². The van der Waals surface area contributed by atoms with Crippen LogP contribution in [0.3, 0.4) is 0 Å². The zero-order valence-electron chi connectivity index (χ0n) is 16.7. The maximum absolute atomic E-state index is 12.4. The maximum atomic E-state index is 12.4. The quantitative estimate of drug-likeness (QED) is 0.662. The molecular formula is C22H30N2O3. The van der Waals surface area contributed by atoms with Crippen LogP contribution in [0.1, 0.15) is 45.2 Å². The van der Waals surface area contributed by atoms with E-state index in [1.165, 1.54) is 7.11 Å². The average Bonchev–Trinajstić information content (AvgIpc) is 2.70. The molecular weight excluding hydrogens is 340 g/mol. The molecule has 1 amide bonds. The standard InChI is InChI=1S/C22H30N2O3/c1-5-22(6-2,21(26)27-4)15-23-14-20(25)24-16(3)18-13-9-11-17-10-7-8-12-19(17)18/h7-13,16,23H,5-6,14-15H2,1-4H3,(H,24,25). The SMILES string of the molecule is CCC(CC)(CNCC(=O)NC(C)c1cccc2ccccc12)C(=O)OC. The molecule has 0 aromatic heterocycles. The highest BCUT2D eigenvalue weighted by atomic mass is 16.5. The van der Waals surface area contributed by atoms with Gasteiger partial charge in [0.2, 0.25) is 5.91 Å². The number of esters is 1. The van der Waals surface area contributed by atoms with Gasteiger partial charge < -0.3 is 15.4 Å². The van der Waals surface area contributed by atoms with Gasteiger partial charge in [-0.1, -0.05) is 56.3 Å². The van der Waals surface area contributed by atoms with E-state index in [-0.39, 0.29) is 24.5 Å². The van der Waals surface area contributed by atoms with E-state index in [1.54, 1.807) is 0 Å². The second-order valence-electron chi connectivity index (χ2n) is 6.94. The summed E-state index contributed by atoms with van der Waals surface area (Å²) >= 11 is 0. The van der Waals surface area contributed by atoms with Crippen molar-refractivity contribution in [3.63, 3.8) is 0 Å². The van der Waals surface area contributed by atoms with Crippen molar-refractivity contribution in [3.05, 3.63) is 48.0 Å². The van der Waals surface area contributed by atoms with Gasteiger partial charge in [0.15, 0.2) is 0 Å². The van der Waals surface area contributed by atoms with Crippen molar-refractivity contribution in [2.75, 3.05) is 20.2 Å². The summed E-state index contributed by atoms with van der Waals surface area (Å²) in [5.41, 5.74) is 0.503. The molecule has 0 aliphatic heterocycles. The molecule has 0 saturated heterocycles. The molecule has 2 aromatic rings. The van der Waals surface area contributed by atoms with Crippen LogP contribution < -0.4 is 10.6 Å². The van der Waals surface area contributed by atoms with Crippen molar-refractivity contribution >= 4 is 22.6 Å². The van der Waals surface area contributed by atoms with Gasteiger partial charge in [0.25, 0.3) is 0 Å². The summed E-state index contributed by atoms with van der Waals surface area (Å²) in [4.78, 5) is 24.5. The van der Waals surface area contributed by atoms with Gasteiger partial charge in [0.1, 0.15) is 0 Å². The molecule has 0 fully saturated rings. The average molecular weight is 370 g/mol. The van der Waals surface area contributed by atoms with Gasteiger partial charge in [-0.15, -0.1) is 0 Å². The smallest absolute Gasteiger partial charge is 0.313 e. The van der Waals surface area contributed by atoms with Crippen LogP contribution in [0.2, 0.25) is 0 Å². The van der Waals surface area contributed by atoms with Gasteiger partial charge in [-0.3, -0.25) is 9.59 Å². The number of carbonyl (C=O) groups excluding carboxylic acids is 2. The number of ether oxygens (including phenoxy) is 1. The Bertz CT molecular complexity index is 779. The number of carbonyl (C=O) groups is 2. The molecule has 5 heteroatoms. The van der Waals surface area contributed by atoms with Crippen LogP contribution >= 0.6 is 0 Å². The summed E-state index contributed by atoms with van der Waals surface area (Å²) in [6.45, 7) is 6.49. The Morgan fingerprint density at radius 2 is 1.74 bits per heavy atom. The number of methoxy groups -OCH3 is 1. The number of nitrogens with one attached hydrogen (secondary N) is 2. The molecule has 0 aliphatic carbocycles. The van der Waals surface area contributed by atoms with E-state index >= 15 is 0 Å². The Labute approximate surface area is 161 Å². The van der Waals surface area contributed by atoms with E-state index in [4.69, 9.17) is 4.74 Å². The van der Waals surface area contributed by atoms with E-state index in [2.05, 4.69) is 28.8 Å². The third-order valence-corrected chi connectivity index (χ3v) is 5.39. The second-order valence-corrected chi connectivity index (χ2v) is 6.94. The Hall–Kier alpha value is -2.40. The number of fused-ring (bicyclic) bond motifs is 1. The lowest BCUT2D eigenvalue weighted by Gasteiger charge is -2.28. The van der Waals surface area contributed by atoms with E-state index in [0.29, 0.717) is 19.4 Å². The fraction of sp³-hybridized carbons (Fsp3) is 0.455. The van der Waals surface area contributed by atoms with Gasteiger partial charge in [-0.25, -0.2) is 0 Å². The molecule has 2 rings (SSSR count). The molecule has 1 atom stereocenters. The van der Waals surface area contributed by atoms with Crippen LogP contribution in [0.25, 0.3) is 10.8 Å². The Morgan fingerprint density at radius 3 is 2.41 bits per heavy atom. The van der Waals surface area contributed by atoms with Crippen molar-refractivity contribution in [2.24, 2.45) is 5.41 Å². The van der Waals surface area contributed by atoms with Crippen molar-refractivity contribution < 1.29 is 14.3 Å². The lowest BCUT2D eigenvalue weighted by atomic mass is 9.82. The second kappa shape index (κ2) is 9.51. The van der Waals surface area contributed by atoms with Crippen molar-refractivity contribution in [1.29, 1.82) is 0 Å². The molecule has 2 aromatic carbocycles. The normalized spacial score (nSPS) is 12.6. The van der Waals surface area contributed by atoms with Gasteiger partial charge in [-0.05, 0) is 36.1 Å². The molecule has 0 radical (unpaired) electrons. The lowest BCUT2D eigenvalue weighted by Crippen LogP contribution is -2.44. The number of hydrogen-bond acceptors (Lipinski definition) is 4. The zero-order chi connectivity index (χ0) is 19.9. The molecule has 146 valence electrons. The molecule has 5 nitrogen and oxygen atoms in total. The minimum atomic E-state index is -0.587. The lowest BCUT2D eigenvalue weighted by molar-refractivity contribution is -0.153. The van der Waals surface area contributed by atoms with Crippen LogP contribution in [-0.2, 0) is 14.3 Å². The monoisotopic (exact) mass is 370 g/mol. The van der Waals surface area contributed by atoms with E-state index in [9.17, 15) is 9.59 Å². The van der Waals surface area contributed by atoms with Crippen LogP contribution in [0.15, 0.2) is 42.5 Å². The van der Waals surface area contributed by atoms with Crippen molar-refractivity contribution in [3.8, 4) is 0 Å². The van der Waals surface area contributed by atoms with Crippen molar-refractivity contribution in [2.45, 2.75) is 39.7 Å². The zero-order valence-corrected chi connectivity index (χ0v) is 16.7. The first-order chi connectivity index (χ1) is 13.0. The summed E-state index contributed by atoms with van der Waals surface area (Å²) < 4.78 is 4.94. The largest absolute Gasteiger partial charge is 0.469 e. The summed E-state index contributed by atoms with van der Waals surface area (Å²) in [7, 11) is 1.40. The third-order valence-electron chi connectivity index (χ3n) is 5.39. The van der Waals surface area contributed by atoms with E-state index in [1.807, 2.05) is 45.0 Å². The van der Waals surface area contributed by atoms with Crippen LogP contribution in [-0.4, -0.2) is 32.1 Å². The predicted octanol–water partition coefficient (Wildman–Crippen LogP) is 3.59. The summed E-state index contributed by atoms with van der Waals surface area (Å²) in [5.74, 6) is -0.328. The first-order valence-corrected chi connectivity index (χ1v) is 9.53. The van der Waals surface area contributed by atoms with E-state index in [0.717, 1.165) is 16.3 Å². The third kappa shape index (κ3) is 4.86. The molecule has 27 heavy (non-hydrogen) atoms. The number of amides is 1. The first-order valence-electron chi connectivity index (χ1n) is 9.53. The molecule has 0 aliphatic rings. The number of hydrogen-bond donors (Lipinski definition) is 2. The summed E-state index contributed by atoms with van der Waals surface area (Å²) in [5, 5.41) is 8.46. The number of rotatable bonds is 9. The fourth-order valence-corrected chi connectivity index (χ4v) is 3.49. The van der Waals surface area contributed by atoms with E-state index < -0.39 is 5.41 Å². The summed E-state index contributed by atoms with van der Waals surface area (Å²) in [6.07, 6.45) is 1.33. The Morgan fingerprint density at radius 1 is 1.07 bits per heavy atom. The topological polar surface area (TPSA) is 67.4 Å². The van der Waals surface area contributed by atoms with Crippen LogP contribution in [0.4, 0.5) is 0 Å². The van der Waals surface area contributed by atoms with Crippen LogP contribution in [0, 0.1) is 5.41 Å². The minimum absolute atomic E-state index is 0.0959.